The molecule has 1 rings (SSSR count). The minimum absolute atomic E-state index is 0.173. The lowest BCUT2D eigenvalue weighted by atomic mass is 10.1. The number of hydrogen-bond donors (Lipinski definition) is 2. The molecule has 1 N–H and O–H groups in total. The van der Waals surface area contributed by atoms with E-state index in [1.807, 2.05) is 18.8 Å². The third kappa shape index (κ3) is 2.56. The van der Waals surface area contributed by atoms with E-state index in [1.165, 1.54) is 0 Å². The molecule has 1 aliphatic rings. The highest BCUT2D eigenvalue weighted by Gasteiger charge is 2.40. The highest BCUT2D eigenvalue weighted by atomic mass is 32.2. The molecule has 5 heteroatoms. The van der Waals surface area contributed by atoms with Crippen molar-refractivity contribution in [1.82, 2.24) is 10.2 Å². The van der Waals surface area contributed by atoms with E-state index >= 15 is 0 Å². The van der Waals surface area contributed by atoms with Crippen molar-refractivity contribution >= 4 is 41.6 Å². The van der Waals surface area contributed by atoms with Gasteiger partial charge in [0.1, 0.15) is 0 Å². The quantitative estimate of drug-likeness (QED) is 0.584. The molecule has 0 amide bonds. The van der Waals surface area contributed by atoms with Gasteiger partial charge in [-0.25, -0.2) is 0 Å². The van der Waals surface area contributed by atoms with Gasteiger partial charge in [0.25, 0.3) is 0 Å². The third-order valence-corrected chi connectivity index (χ3v) is 4.89. The summed E-state index contributed by atoms with van der Waals surface area (Å²) in [5.41, 5.74) is 0.173. The van der Waals surface area contributed by atoms with E-state index in [2.05, 4.69) is 36.7 Å². The minimum atomic E-state index is 0.173. The largest absolute Gasteiger partial charge is 0.346 e. The molecule has 0 aromatic rings. The smallest absolute Gasteiger partial charge is 0.0933 e. The first kappa shape index (κ1) is 12.6. The number of nitrogens with zero attached hydrogens (tertiary/aromatic N) is 1. The van der Waals surface area contributed by atoms with Gasteiger partial charge < -0.3 is 10.2 Å². The molecule has 0 saturated carbocycles. The zero-order valence-corrected chi connectivity index (χ0v) is 11.4. The summed E-state index contributed by atoms with van der Waals surface area (Å²) in [6.45, 7) is 5.26. The van der Waals surface area contributed by atoms with Crippen LogP contribution in [0.15, 0.2) is 0 Å². The monoisotopic (exact) mass is 250 g/mol. The van der Waals surface area contributed by atoms with E-state index in [0.29, 0.717) is 5.37 Å². The van der Waals surface area contributed by atoms with Gasteiger partial charge >= 0.3 is 0 Å². The molecule has 1 saturated heterocycles. The van der Waals surface area contributed by atoms with Crippen LogP contribution in [0.4, 0.5) is 0 Å². The van der Waals surface area contributed by atoms with Gasteiger partial charge in [0, 0.05) is 23.6 Å². The van der Waals surface area contributed by atoms with Crippen molar-refractivity contribution in [2.24, 2.45) is 0 Å². The van der Waals surface area contributed by atoms with Crippen molar-refractivity contribution in [3.05, 3.63) is 0 Å². The molecule has 0 aromatic heterocycles. The zero-order valence-electron chi connectivity index (χ0n) is 8.91. The highest BCUT2D eigenvalue weighted by molar-refractivity contribution is 8.01. The maximum Gasteiger partial charge on any atom is 0.0933 e. The standard InChI is InChI=1S/C9H18N2S3/c1-9(2)6-14-8(5-12)11(9)7(13)4-10-3/h8,10,12H,4-6H2,1-3H3. The van der Waals surface area contributed by atoms with E-state index in [4.69, 9.17) is 12.2 Å². The van der Waals surface area contributed by atoms with Gasteiger partial charge in [-0.1, -0.05) is 12.2 Å². The predicted molar refractivity (Wildman–Crippen MR) is 72.5 cm³/mol. The second-order valence-corrected chi connectivity index (χ2v) is 6.06. The van der Waals surface area contributed by atoms with Gasteiger partial charge in [0.2, 0.25) is 0 Å². The Balaban J connectivity index is 2.74. The van der Waals surface area contributed by atoms with Gasteiger partial charge in [-0.2, -0.15) is 12.6 Å². The normalized spacial score (nSPS) is 25.4. The van der Waals surface area contributed by atoms with Crippen molar-refractivity contribution in [2.75, 3.05) is 25.1 Å². The lowest BCUT2D eigenvalue weighted by molar-refractivity contribution is 0.260. The van der Waals surface area contributed by atoms with Crippen LogP contribution in [0.3, 0.4) is 0 Å². The van der Waals surface area contributed by atoms with Crippen LogP contribution in [0.25, 0.3) is 0 Å². The van der Waals surface area contributed by atoms with Crippen molar-refractivity contribution in [3.8, 4) is 0 Å². The molecule has 1 unspecified atom stereocenters. The first-order valence-electron chi connectivity index (χ1n) is 4.72. The van der Waals surface area contributed by atoms with E-state index in [9.17, 15) is 0 Å². The summed E-state index contributed by atoms with van der Waals surface area (Å²) in [5.74, 6) is 1.99. The number of rotatable bonds is 3. The van der Waals surface area contributed by atoms with Crippen LogP contribution in [-0.4, -0.2) is 45.9 Å². The minimum Gasteiger partial charge on any atom is -0.346 e. The molecule has 82 valence electrons. The van der Waals surface area contributed by atoms with Crippen molar-refractivity contribution in [2.45, 2.75) is 24.8 Å². The van der Waals surface area contributed by atoms with E-state index < -0.39 is 0 Å². The molecule has 14 heavy (non-hydrogen) atoms. The zero-order chi connectivity index (χ0) is 10.8. The van der Waals surface area contributed by atoms with Crippen LogP contribution in [-0.2, 0) is 0 Å². The third-order valence-electron chi connectivity index (χ3n) is 2.32. The van der Waals surface area contributed by atoms with E-state index in [0.717, 1.165) is 23.0 Å². The molecule has 0 radical (unpaired) electrons. The summed E-state index contributed by atoms with van der Waals surface area (Å²) >= 11 is 11.7. The highest BCUT2D eigenvalue weighted by Crippen LogP contribution is 2.37. The SMILES string of the molecule is CNCC(=S)N1C(CS)SCC1(C)C. The first-order valence-corrected chi connectivity index (χ1v) is 6.81. The molecule has 2 nitrogen and oxygen atoms in total. The van der Waals surface area contributed by atoms with E-state index in [1.54, 1.807) is 0 Å². The maximum absolute atomic E-state index is 5.42. The Bertz CT molecular complexity index is 218. The van der Waals surface area contributed by atoms with Crippen molar-refractivity contribution in [3.63, 3.8) is 0 Å². The summed E-state index contributed by atoms with van der Waals surface area (Å²) in [6, 6.07) is 0. The number of nitrogens with one attached hydrogen (secondary N) is 1. The Morgan fingerprint density at radius 1 is 1.71 bits per heavy atom. The summed E-state index contributed by atoms with van der Waals surface area (Å²) in [7, 11) is 1.93. The second-order valence-electron chi connectivity index (χ2n) is 4.05. The van der Waals surface area contributed by atoms with Gasteiger partial charge in [0.15, 0.2) is 0 Å². The Kier molecular flexibility index (Phi) is 4.56. The Hall–Kier alpha value is 0.550. The maximum atomic E-state index is 5.42. The Labute approximate surface area is 102 Å². The fraction of sp³-hybridized carbons (Fsp3) is 0.889. The average Bonchev–Trinajstić information content (AvgIpc) is 2.41. The number of thiol groups is 1. The lowest BCUT2D eigenvalue weighted by Gasteiger charge is -2.36. The molecule has 0 bridgehead atoms. The van der Waals surface area contributed by atoms with Crippen LogP contribution in [0.2, 0.25) is 0 Å². The summed E-state index contributed by atoms with van der Waals surface area (Å²) in [5, 5.41) is 3.55. The van der Waals surface area contributed by atoms with Gasteiger partial charge in [-0.05, 0) is 20.9 Å². The number of thiocarbonyl (C=S) groups is 1. The molecular formula is C9H18N2S3. The molecule has 1 atom stereocenters. The van der Waals surface area contributed by atoms with E-state index in [-0.39, 0.29) is 5.54 Å². The molecule has 1 aliphatic heterocycles. The van der Waals surface area contributed by atoms with Crippen molar-refractivity contribution in [1.29, 1.82) is 0 Å². The fourth-order valence-electron chi connectivity index (χ4n) is 1.70. The topological polar surface area (TPSA) is 15.3 Å². The summed E-state index contributed by atoms with van der Waals surface area (Å²) in [6.07, 6.45) is 0. The lowest BCUT2D eigenvalue weighted by Crippen LogP contribution is -2.50. The number of hydrogen-bond acceptors (Lipinski definition) is 4. The molecule has 0 aliphatic carbocycles. The van der Waals surface area contributed by atoms with Crippen LogP contribution in [0, 0.1) is 0 Å². The van der Waals surface area contributed by atoms with Crippen LogP contribution < -0.4 is 5.32 Å². The van der Waals surface area contributed by atoms with Crippen LogP contribution in [0.1, 0.15) is 13.8 Å². The molecule has 1 heterocycles. The molecule has 0 spiro atoms. The first-order chi connectivity index (χ1) is 6.53. The van der Waals surface area contributed by atoms with Crippen LogP contribution >= 0.6 is 36.6 Å². The Morgan fingerprint density at radius 2 is 2.36 bits per heavy atom. The average molecular weight is 250 g/mol. The fourth-order valence-corrected chi connectivity index (χ4v) is 4.17. The van der Waals surface area contributed by atoms with Gasteiger partial charge in [0.05, 0.1) is 10.4 Å². The molecule has 1 fully saturated rings. The second kappa shape index (κ2) is 5.05. The van der Waals surface area contributed by atoms with Crippen molar-refractivity contribution < 1.29 is 0 Å². The van der Waals surface area contributed by atoms with Gasteiger partial charge in [-0.3, -0.25) is 0 Å². The summed E-state index contributed by atoms with van der Waals surface area (Å²) < 4.78 is 0. The Morgan fingerprint density at radius 3 is 2.86 bits per heavy atom. The predicted octanol–water partition coefficient (Wildman–Crippen LogP) is 1.62. The number of thioether (sulfide) groups is 1. The van der Waals surface area contributed by atoms with Crippen LogP contribution in [0.5, 0.6) is 0 Å². The molecular weight excluding hydrogens is 232 g/mol. The number of likely N-dealkylation sites (N-methyl/N-ethyl adjacent to an activating group) is 1. The summed E-state index contributed by atoms with van der Waals surface area (Å²) in [4.78, 5) is 3.33. The van der Waals surface area contributed by atoms with Gasteiger partial charge in [-0.15, -0.1) is 11.8 Å². The molecule has 0 aromatic carbocycles.